The van der Waals surface area contributed by atoms with Gasteiger partial charge in [-0.05, 0) is 32.0 Å². The monoisotopic (exact) mass is 308 g/mol. The maximum Gasteiger partial charge on any atom is 0.313 e. The third-order valence-electron chi connectivity index (χ3n) is 2.91. The van der Waals surface area contributed by atoms with E-state index in [1.54, 1.807) is 19.9 Å². The van der Waals surface area contributed by atoms with E-state index in [2.05, 4.69) is 10.6 Å². The molecule has 0 aliphatic heterocycles. The number of rotatable bonds is 3. The van der Waals surface area contributed by atoms with Crippen molar-refractivity contribution in [2.75, 3.05) is 5.32 Å². The summed E-state index contributed by atoms with van der Waals surface area (Å²) in [6.07, 6.45) is 0. The molecule has 0 aliphatic rings. The lowest BCUT2D eigenvalue weighted by Gasteiger charge is -2.06. The van der Waals surface area contributed by atoms with Crippen LogP contribution in [0.2, 0.25) is 0 Å². The van der Waals surface area contributed by atoms with Crippen LogP contribution in [0.3, 0.4) is 0 Å². The van der Waals surface area contributed by atoms with Gasteiger partial charge in [-0.2, -0.15) is 0 Å². The Morgan fingerprint density at radius 1 is 1.05 bits per heavy atom. The summed E-state index contributed by atoms with van der Waals surface area (Å²) in [5, 5.41) is 4.53. The van der Waals surface area contributed by atoms with Gasteiger partial charge >= 0.3 is 11.8 Å². The van der Waals surface area contributed by atoms with Gasteiger partial charge in [-0.25, -0.2) is 8.78 Å². The Morgan fingerprint density at radius 2 is 1.68 bits per heavy atom. The van der Waals surface area contributed by atoms with Crippen LogP contribution >= 0.6 is 0 Å². The summed E-state index contributed by atoms with van der Waals surface area (Å²) < 4.78 is 31.3. The molecular formula is C15H14F2N2O3. The molecule has 2 amide bonds. The van der Waals surface area contributed by atoms with Crippen LogP contribution in [0.5, 0.6) is 0 Å². The second-order valence-corrected chi connectivity index (χ2v) is 4.73. The SMILES string of the molecule is Cc1cc(CNC(=O)C(=O)Nc2cc(F)cc(F)c2)c(C)o1. The molecule has 22 heavy (non-hydrogen) atoms. The Hall–Kier alpha value is -2.70. The molecule has 1 aromatic heterocycles. The number of hydrogen-bond donors (Lipinski definition) is 2. The van der Waals surface area contributed by atoms with Crippen LogP contribution in [0.4, 0.5) is 14.5 Å². The molecule has 5 nitrogen and oxygen atoms in total. The van der Waals surface area contributed by atoms with Crippen molar-refractivity contribution < 1.29 is 22.8 Å². The van der Waals surface area contributed by atoms with Crippen LogP contribution in [0, 0.1) is 25.5 Å². The van der Waals surface area contributed by atoms with E-state index in [0.29, 0.717) is 17.6 Å². The molecule has 0 saturated heterocycles. The summed E-state index contributed by atoms with van der Waals surface area (Å²) in [4.78, 5) is 23.3. The molecule has 0 radical (unpaired) electrons. The van der Waals surface area contributed by atoms with Crippen LogP contribution in [-0.2, 0) is 16.1 Å². The first-order chi connectivity index (χ1) is 10.3. The van der Waals surface area contributed by atoms with Gasteiger partial charge in [0.2, 0.25) is 0 Å². The fourth-order valence-corrected chi connectivity index (χ4v) is 1.93. The first-order valence-electron chi connectivity index (χ1n) is 6.46. The molecule has 116 valence electrons. The van der Waals surface area contributed by atoms with E-state index in [1.807, 2.05) is 0 Å². The number of anilines is 1. The minimum absolute atomic E-state index is 0.118. The molecule has 0 bridgehead atoms. The quantitative estimate of drug-likeness (QED) is 0.856. The molecule has 2 rings (SSSR count). The fourth-order valence-electron chi connectivity index (χ4n) is 1.93. The lowest BCUT2D eigenvalue weighted by atomic mass is 10.2. The van der Waals surface area contributed by atoms with E-state index in [0.717, 1.165) is 17.7 Å². The zero-order chi connectivity index (χ0) is 16.3. The molecular weight excluding hydrogens is 294 g/mol. The number of furan rings is 1. The minimum atomic E-state index is -1.01. The predicted molar refractivity (Wildman–Crippen MR) is 75.0 cm³/mol. The van der Waals surface area contributed by atoms with Crippen LogP contribution in [0.1, 0.15) is 17.1 Å². The number of amides is 2. The standard InChI is InChI=1S/C15H14F2N2O3/c1-8-3-10(9(2)22-8)7-18-14(20)15(21)19-13-5-11(16)4-12(17)6-13/h3-6H,7H2,1-2H3,(H,18,20)(H,19,21). The Labute approximate surface area is 125 Å². The van der Waals surface area contributed by atoms with Gasteiger partial charge in [-0.15, -0.1) is 0 Å². The summed E-state index contributed by atoms with van der Waals surface area (Å²) in [6, 6.07) is 4.24. The van der Waals surface area contributed by atoms with Gasteiger partial charge in [0.1, 0.15) is 23.2 Å². The van der Waals surface area contributed by atoms with Crippen LogP contribution in [0.25, 0.3) is 0 Å². The second kappa shape index (κ2) is 6.38. The molecule has 2 aromatic rings. The summed E-state index contributed by atoms with van der Waals surface area (Å²) in [5.41, 5.74) is 0.614. The number of aryl methyl sites for hydroxylation is 2. The van der Waals surface area contributed by atoms with Gasteiger partial charge < -0.3 is 15.1 Å². The van der Waals surface area contributed by atoms with Gasteiger partial charge in [0.05, 0.1) is 0 Å². The summed E-state index contributed by atoms with van der Waals surface area (Å²) in [5.74, 6) is -2.28. The Balaban J connectivity index is 1.94. The zero-order valence-corrected chi connectivity index (χ0v) is 12.0. The highest BCUT2D eigenvalue weighted by Gasteiger charge is 2.15. The first kappa shape index (κ1) is 15.7. The number of halogens is 2. The molecule has 0 spiro atoms. The van der Waals surface area contributed by atoms with E-state index in [-0.39, 0.29) is 12.2 Å². The summed E-state index contributed by atoms with van der Waals surface area (Å²) in [7, 11) is 0. The predicted octanol–water partition coefficient (Wildman–Crippen LogP) is 2.43. The number of hydrogen-bond acceptors (Lipinski definition) is 3. The minimum Gasteiger partial charge on any atom is -0.466 e. The lowest BCUT2D eigenvalue weighted by Crippen LogP contribution is -2.35. The summed E-state index contributed by atoms with van der Waals surface area (Å²) in [6.45, 7) is 3.63. The smallest absolute Gasteiger partial charge is 0.313 e. The molecule has 7 heteroatoms. The van der Waals surface area contributed by atoms with Crippen molar-refractivity contribution in [2.45, 2.75) is 20.4 Å². The fraction of sp³-hybridized carbons (Fsp3) is 0.200. The third kappa shape index (κ3) is 3.91. The molecule has 0 aliphatic carbocycles. The third-order valence-corrected chi connectivity index (χ3v) is 2.91. The van der Waals surface area contributed by atoms with Gasteiger partial charge in [-0.1, -0.05) is 0 Å². The highest BCUT2D eigenvalue weighted by Crippen LogP contribution is 2.14. The molecule has 0 atom stereocenters. The van der Waals surface area contributed by atoms with Crippen molar-refractivity contribution in [1.29, 1.82) is 0 Å². The van der Waals surface area contributed by atoms with E-state index in [1.165, 1.54) is 0 Å². The number of nitrogens with one attached hydrogen (secondary N) is 2. The van der Waals surface area contributed by atoms with Gasteiger partial charge in [0.25, 0.3) is 0 Å². The van der Waals surface area contributed by atoms with E-state index >= 15 is 0 Å². The van der Waals surface area contributed by atoms with Crippen molar-refractivity contribution >= 4 is 17.5 Å². The number of benzene rings is 1. The van der Waals surface area contributed by atoms with Crippen molar-refractivity contribution in [3.8, 4) is 0 Å². The van der Waals surface area contributed by atoms with Crippen molar-refractivity contribution in [3.63, 3.8) is 0 Å². The van der Waals surface area contributed by atoms with Gasteiger partial charge in [0, 0.05) is 23.9 Å². The van der Waals surface area contributed by atoms with E-state index < -0.39 is 23.4 Å². The van der Waals surface area contributed by atoms with Crippen molar-refractivity contribution in [3.05, 3.63) is 53.0 Å². The van der Waals surface area contributed by atoms with Crippen LogP contribution in [-0.4, -0.2) is 11.8 Å². The van der Waals surface area contributed by atoms with Crippen molar-refractivity contribution in [2.24, 2.45) is 0 Å². The lowest BCUT2D eigenvalue weighted by molar-refractivity contribution is -0.136. The van der Waals surface area contributed by atoms with Crippen LogP contribution in [0.15, 0.2) is 28.7 Å². The van der Waals surface area contributed by atoms with E-state index in [4.69, 9.17) is 4.42 Å². The Bertz CT molecular complexity index is 705. The number of carbonyl (C=O) groups excluding carboxylic acids is 2. The average Bonchev–Trinajstić information content (AvgIpc) is 2.73. The number of carbonyl (C=O) groups is 2. The molecule has 1 aromatic carbocycles. The van der Waals surface area contributed by atoms with Crippen LogP contribution < -0.4 is 10.6 Å². The summed E-state index contributed by atoms with van der Waals surface area (Å²) >= 11 is 0. The maximum absolute atomic E-state index is 13.0. The van der Waals surface area contributed by atoms with Gasteiger partial charge in [0.15, 0.2) is 0 Å². The normalized spacial score (nSPS) is 10.4. The molecule has 0 saturated carbocycles. The highest BCUT2D eigenvalue weighted by molar-refractivity contribution is 6.39. The van der Waals surface area contributed by atoms with Gasteiger partial charge in [-0.3, -0.25) is 9.59 Å². The molecule has 1 heterocycles. The largest absolute Gasteiger partial charge is 0.466 e. The second-order valence-electron chi connectivity index (χ2n) is 4.73. The Kier molecular flexibility index (Phi) is 4.55. The maximum atomic E-state index is 13.0. The molecule has 0 fully saturated rings. The molecule has 0 unspecified atom stereocenters. The van der Waals surface area contributed by atoms with E-state index in [9.17, 15) is 18.4 Å². The highest BCUT2D eigenvalue weighted by atomic mass is 19.1. The Morgan fingerprint density at radius 3 is 2.23 bits per heavy atom. The molecule has 2 N–H and O–H groups in total. The zero-order valence-electron chi connectivity index (χ0n) is 12.0. The topological polar surface area (TPSA) is 71.3 Å². The van der Waals surface area contributed by atoms with Crippen molar-refractivity contribution in [1.82, 2.24) is 5.32 Å². The first-order valence-corrected chi connectivity index (χ1v) is 6.46. The average molecular weight is 308 g/mol.